The highest BCUT2D eigenvalue weighted by molar-refractivity contribution is 7.99. The van der Waals surface area contributed by atoms with Crippen LogP contribution in [0.5, 0.6) is 0 Å². The van der Waals surface area contributed by atoms with E-state index in [9.17, 15) is 22.8 Å². The molecule has 2 heterocycles. The SMILES string of the molecule is Cc1cc(NC(=O)CN(C)C(=O)CSc2ccc(C(F)(F)F)cn2)no1. The Kier molecular flexibility index (Phi) is 6.24. The first kappa shape index (κ1) is 19.8. The number of aromatic nitrogens is 2. The Balaban J connectivity index is 1.80. The molecule has 0 fully saturated rings. The molecule has 7 nitrogen and oxygen atoms in total. The van der Waals surface area contributed by atoms with E-state index in [1.165, 1.54) is 24.1 Å². The summed E-state index contributed by atoms with van der Waals surface area (Å²) in [6.45, 7) is 1.47. The number of alkyl halides is 3. The molecule has 2 amide bonds. The van der Waals surface area contributed by atoms with E-state index in [-0.39, 0.29) is 29.0 Å². The Hall–Kier alpha value is -2.56. The maximum atomic E-state index is 12.5. The minimum absolute atomic E-state index is 0.0643. The minimum Gasteiger partial charge on any atom is -0.360 e. The second-order valence-electron chi connectivity index (χ2n) is 5.29. The summed E-state index contributed by atoms with van der Waals surface area (Å²) in [6.07, 6.45) is -3.74. The number of thioether (sulfide) groups is 1. The number of likely N-dealkylation sites (N-methyl/N-ethyl adjacent to an activating group) is 1. The number of carbonyl (C=O) groups is 2. The molecule has 0 bridgehead atoms. The third kappa shape index (κ3) is 5.76. The molecule has 0 aliphatic heterocycles. The monoisotopic (exact) mass is 388 g/mol. The zero-order valence-corrected chi connectivity index (χ0v) is 14.6. The third-order valence-electron chi connectivity index (χ3n) is 3.11. The van der Waals surface area contributed by atoms with Gasteiger partial charge in [-0.2, -0.15) is 13.2 Å². The molecule has 0 saturated heterocycles. The number of pyridine rings is 1. The van der Waals surface area contributed by atoms with Crippen LogP contribution in [0, 0.1) is 6.92 Å². The smallest absolute Gasteiger partial charge is 0.360 e. The van der Waals surface area contributed by atoms with Crippen LogP contribution < -0.4 is 5.32 Å². The maximum absolute atomic E-state index is 12.5. The Labute approximate surface area is 150 Å². The van der Waals surface area contributed by atoms with Gasteiger partial charge in [-0.25, -0.2) is 4.98 Å². The Morgan fingerprint density at radius 2 is 2.08 bits per heavy atom. The molecule has 0 aliphatic rings. The van der Waals surface area contributed by atoms with Gasteiger partial charge in [0.15, 0.2) is 5.82 Å². The van der Waals surface area contributed by atoms with Crippen molar-refractivity contribution in [2.24, 2.45) is 0 Å². The van der Waals surface area contributed by atoms with E-state index in [0.29, 0.717) is 12.0 Å². The Morgan fingerprint density at radius 1 is 1.35 bits per heavy atom. The molecule has 0 aliphatic carbocycles. The number of rotatable bonds is 6. The van der Waals surface area contributed by atoms with Crippen molar-refractivity contribution in [2.75, 3.05) is 24.7 Å². The number of nitrogens with one attached hydrogen (secondary N) is 1. The number of anilines is 1. The zero-order chi connectivity index (χ0) is 19.3. The number of carbonyl (C=O) groups excluding carboxylic acids is 2. The summed E-state index contributed by atoms with van der Waals surface area (Å²) in [7, 11) is 1.44. The summed E-state index contributed by atoms with van der Waals surface area (Å²) in [5.41, 5.74) is -0.856. The van der Waals surface area contributed by atoms with Crippen LogP contribution in [0.15, 0.2) is 33.9 Å². The standard InChI is InChI=1S/C15H15F3N4O3S/c1-9-5-11(21-25-9)20-12(23)7-22(2)14(24)8-26-13-4-3-10(6-19-13)15(16,17)18/h3-6H,7-8H2,1-2H3,(H,20,21,23). The van der Waals surface area contributed by atoms with E-state index in [4.69, 9.17) is 4.52 Å². The number of hydrogen-bond acceptors (Lipinski definition) is 6. The van der Waals surface area contributed by atoms with Crippen LogP contribution in [0.1, 0.15) is 11.3 Å². The first-order valence-electron chi connectivity index (χ1n) is 7.28. The number of amides is 2. The molecule has 0 atom stereocenters. The Morgan fingerprint density at radius 3 is 2.62 bits per heavy atom. The first-order chi connectivity index (χ1) is 12.1. The number of aryl methyl sites for hydroxylation is 1. The Bertz CT molecular complexity index is 777. The number of halogens is 3. The largest absolute Gasteiger partial charge is 0.417 e. The molecular weight excluding hydrogens is 373 g/mol. The lowest BCUT2D eigenvalue weighted by atomic mass is 10.3. The van der Waals surface area contributed by atoms with Crippen molar-refractivity contribution >= 4 is 29.4 Å². The van der Waals surface area contributed by atoms with Gasteiger partial charge in [-0.05, 0) is 19.1 Å². The number of hydrogen-bond donors (Lipinski definition) is 1. The van der Waals surface area contributed by atoms with Crippen molar-refractivity contribution < 1.29 is 27.3 Å². The fourth-order valence-electron chi connectivity index (χ4n) is 1.79. The molecular formula is C15H15F3N4O3S. The van der Waals surface area contributed by atoms with Crippen molar-refractivity contribution in [1.29, 1.82) is 0 Å². The van der Waals surface area contributed by atoms with Gasteiger partial charge in [-0.3, -0.25) is 9.59 Å². The van der Waals surface area contributed by atoms with Gasteiger partial charge in [-0.1, -0.05) is 16.9 Å². The van der Waals surface area contributed by atoms with E-state index in [2.05, 4.69) is 15.5 Å². The van der Waals surface area contributed by atoms with Crippen LogP contribution in [-0.2, 0) is 15.8 Å². The quantitative estimate of drug-likeness (QED) is 0.766. The zero-order valence-electron chi connectivity index (χ0n) is 13.8. The van der Waals surface area contributed by atoms with Gasteiger partial charge < -0.3 is 14.7 Å². The van der Waals surface area contributed by atoms with Crippen molar-refractivity contribution in [3.63, 3.8) is 0 Å². The lowest BCUT2D eigenvalue weighted by molar-refractivity contribution is -0.137. The predicted molar refractivity (Wildman–Crippen MR) is 87.5 cm³/mol. The van der Waals surface area contributed by atoms with Crippen molar-refractivity contribution in [2.45, 2.75) is 18.1 Å². The molecule has 0 saturated carbocycles. The van der Waals surface area contributed by atoms with Gasteiger partial charge in [0.05, 0.1) is 22.9 Å². The van der Waals surface area contributed by atoms with Crippen LogP contribution in [0.3, 0.4) is 0 Å². The van der Waals surface area contributed by atoms with Gasteiger partial charge in [-0.15, -0.1) is 0 Å². The van der Waals surface area contributed by atoms with Crippen LogP contribution in [0.25, 0.3) is 0 Å². The summed E-state index contributed by atoms with van der Waals surface area (Å²) in [6, 6.07) is 3.63. The average molecular weight is 388 g/mol. The van der Waals surface area contributed by atoms with Crippen LogP contribution in [-0.4, -0.2) is 46.2 Å². The first-order valence-corrected chi connectivity index (χ1v) is 8.27. The van der Waals surface area contributed by atoms with E-state index in [1.54, 1.807) is 6.92 Å². The fraction of sp³-hybridized carbons (Fsp3) is 0.333. The summed E-state index contributed by atoms with van der Waals surface area (Å²) < 4.78 is 42.2. The van der Waals surface area contributed by atoms with Gasteiger partial charge in [0.25, 0.3) is 0 Å². The third-order valence-corrected chi connectivity index (χ3v) is 4.04. The second kappa shape index (κ2) is 8.21. The normalized spacial score (nSPS) is 11.3. The van der Waals surface area contributed by atoms with Crippen LogP contribution in [0.4, 0.5) is 19.0 Å². The van der Waals surface area contributed by atoms with Gasteiger partial charge in [0, 0.05) is 19.3 Å². The summed E-state index contributed by atoms with van der Waals surface area (Å²) in [4.78, 5) is 28.7. The lowest BCUT2D eigenvalue weighted by Crippen LogP contribution is -2.36. The highest BCUT2D eigenvalue weighted by atomic mass is 32.2. The molecule has 26 heavy (non-hydrogen) atoms. The average Bonchev–Trinajstić information content (AvgIpc) is 2.96. The maximum Gasteiger partial charge on any atom is 0.417 e. The molecule has 0 aromatic carbocycles. The van der Waals surface area contributed by atoms with Crippen molar-refractivity contribution in [3.05, 3.63) is 35.7 Å². The molecule has 0 radical (unpaired) electrons. The highest BCUT2D eigenvalue weighted by Gasteiger charge is 2.30. The van der Waals surface area contributed by atoms with Crippen molar-refractivity contribution in [3.8, 4) is 0 Å². The lowest BCUT2D eigenvalue weighted by Gasteiger charge is -2.16. The molecule has 0 spiro atoms. The van der Waals surface area contributed by atoms with E-state index >= 15 is 0 Å². The van der Waals surface area contributed by atoms with Crippen molar-refractivity contribution in [1.82, 2.24) is 15.0 Å². The van der Waals surface area contributed by atoms with Crippen LogP contribution in [0.2, 0.25) is 0 Å². The van der Waals surface area contributed by atoms with Gasteiger partial charge >= 0.3 is 6.18 Å². The summed E-state index contributed by atoms with van der Waals surface area (Å²) in [5, 5.41) is 6.36. The fourth-order valence-corrected chi connectivity index (χ4v) is 2.57. The van der Waals surface area contributed by atoms with Crippen LogP contribution >= 0.6 is 11.8 Å². The minimum atomic E-state index is -4.46. The molecule has 2 rings (SSSR count). The van der Waals surface area contributed by atoms with E-state index in [0.717, 1.165) is 17.8 Å². The highest BCUT2D eigenvalue weighted by Crippen LogP contribution is 2.29. The van der Waals surface area contributed by atoms with Gasteiger partial charge in [0.1, 0.15) is 5.76 Å². The molecule has 11 heteroatoms. The van der Waals surface area contributed by atoms with E-state index in [1.807, 2.05) is 0 Å². The van der Waals surface area contributed by atoms with E-state index < -0.39 is 17.6 Å². The molecule has 2 aromatic heterocycles. The predicted octanol–water partition coefficient (Wildman–Crippen LogP) is 2.59. The topological polar surface area (TPSA) is 88.3 Å². The summed E-state index contributed by atoms with van der Waals surface area (Å²) >= 11 is 0.982. The summed E-state index contributed by atoms with van der Waals surface area (Å²) in [5.74, 6) is -0.109. The second-order valence-corrected chi connectivity index (χ2v) is 6.29. The van der Waals surface area contributed by atoms with Gasteiger partial charge in [0.2, 0.25) is 11.8 Å². The molecule has 1 N–H and O–H groups in total. The molecule has 2 aromatic rings. The number of nitrogens with zero attached hydrogens (tertiary/aromatic N) is 3. The molecule has 140 valence electrons. The molecule has 0 unspecified atom stereocenters.